The quantitative estimate of drug-likeness (QED) is 0.327. The second-order valence-corrected chi connectivity index (χ2v) is 7.62. The summed E-state index contributed by atoms with van der Waals surface area (Å²) in [7, 11) is 6.46. The smallest absolute Gasteiger partial charge is 0.102 e. The van der Waals surface area contributed by atoms with Gasteiger partial charge in [0, 0.05) is 0 Å². The van der Waals surface area contributed by atoms with Gasteiger partial charge in [-0.1, -0.05) is 58.3 Å². The Labute approximate surface area is 144 Å². The Morgan fingerprint density at radius 1 is 0.783 bits per heavy atom. The molecule has 1 unspecified atom stereocenters. The van der Waals surface area contributed by atoms with Gasteiger partial charge in [-0.15, -0.1) is 0 Å². The Bertz CT molecular complexity index is 241. The number of likely N-dealkylation sites (N-methyl/N-ethyl adjacent to an activating group) is 1. The van der Waals surface area contributed by atoms with E-state index in [1.54, 1.807) is 0 Å². The first kappa shape index (κ1) is 22.8. The molecule has 0 aromatic heterocycles. The minimum atomic E-state index is -0.318. The molecule has 0 aliphatic carbocycles. The van der Waals surface area contributed by atoms with Crippen LogP contribution in [0.5, 0.6) is 0 Å². The molecule has 0 saturated carbocycles. The zero-order chi connectivity index (χ0) is 17.4. The topological polar surface area (TPSA) is 38.7 Å². The van der Waals surface area contributed by atoms with Crippen molar-refractivity contribution in [2.24, 2.45) is 0 Å². The summed E-state index contributed by atoms with van der Waals surface area (Å²) in [6.45, 7) is 5.64. The van der Waals surface area contributed by atoms with E-state index in [1.807, 2.05) is 0 Å². The Morgan fingerprint density at radius 3 is 1.96 bits per heavy atom. The zero-order valence-electron chi connectivity index (χ0n) is 16.2. The summed E-state index contributed by atoms with van der Waals surface area (Å²) in [5.41, 5.74) is 0. The normalized spacial score (nSPS) is 13.4. The zero-order valence-corrected chi connectivity index (χ0v) is 16.2. The summed E-state index contributed by atoms with van der Waals surface area (Å²) in [6.07, 6.45) is 11.0. The van der Waals surface area contributed by atoms with Crippen LogP contribution >= 0.6 is 0 Å². The highest BCUT2D eigenvalue weighted by molar-refractivity contribution is 4.55. The van der Waals surface area contributed by atoms with Crippen molar-refractivity contribution in [1.29, 1.82) is 0 Å². The van der Waals surface area contributed by atoms with Crippen molar-refractivity contribution in [2.45, 2.75) is 70.8 Å². The standard InChI is InChI=1S/C19H42NO3/c1-5-6-7-8-9-10-11-12-13-19(21)18-23-17-16-22-15-14-20(2,3)4/h19,21H,5-18H2,1-4H3/q+1. The van der Waals surface area contributed by atoms with Crippen LogP contribution in [0.3, 0.4) is 0 Å². The van der Waals surface area contributed by atoms with Gasteiger partial charge in [-0.3, -0.25) is 0 Å². The number of ether oxygens (including phenoxy) is 2. The Balaban J connectivity index is 3.20. The molecule has 0 heterocycles. The molecule has 0 aromatic rings. The van der Waals surface area contributed by atoms with Crippen LogP contribution < -0.4 is 0 Å². The molecule has 0 fully saturated rings. The Morgan fingerprint density at radius 2 is 1.35 bits per heavy atom. The first-order valence-corrected chi connectivity index (χ1v) is 9.59. The van der Waals surface area contributed by atoms with Crippen LogP contribution in [0, 0.1) is 0 Å². The molecule has 0 bridgehead atoms. The van der Waals surface area contributed by atoms with Gasteiger partial charge in [0.1, 0.15) is 6.54 Å². The van der Waals surface area contributed by atoms with E-state index in [0.29, 0.717) is 19.8 Å². The van der Waals surface area contributed by atoms with Gasteiger partial charge in [-0.25, -0.2) is 0 Å². The minimum Gasteiger partial charge on any atom is -0.391 e. The summed E-state index contributed by atoms with van der Waals surface area (Å²) in [6, 6.07) is 0. The number of hydrogen-bond donors (Lipinski definition) is 1. The van der Waals surface area contributed by atoms with Gasteiger partial charge < -0.3 is 19.1 Å². The Hall–Kier alpha value is -0.160. The second-order valence-electron chi connectivity index (χ2n) is 7.62. The largest absolute Gasteiger partial charge is 0.391 e. The lowest BCUT2D eigenvalue weighted by atomic mass is 10.1. The van der Waals surface area contributed by atoms with E-state index in [-0.39, 0.29) is 6.10 Å². The number of hydrogen-bond acceptors (Lipinski definition) is 3. The molecule has 23 heavy (non-hydrogen) atoms. The fourth-order valence-electron chi connectivity index (χ4n) is 2.37. The number of rotatable bonds is 17. The van der Waals surface area contributed by atoms with Gasteiger partial charge in [-0.05, 0) is 6.42 Å². The maximum absolute atomic E-state index is 9.86. The lowest BCUT2D eigenvalue weighted by molar-refractivity contribution is -0.870. The number of aliphatic hydroxyl groups is 1. The van der Waals surface area contributed by atoms with Crippen molar-refractivity contribution in [3.63, 3.8) is 0 Å². The van der Waals surface area contributed by atoms with Crippen molar-refractivity contribution in [3.05, 3.63) is 0 Å². The molecule has 1 atom stereocenters. The third kappa shape index (κ3) is 19.8. The molecule has 0 aliphatic heterocycles. The number of unbranched alkanes of at least 4 members (excludes halogenated alkanes) is 7. The minimum absolute atomic E-state index is 0.318. The predicted molar refractivity (Wildman–Crippen MR) is 97.8 cm³/mol. The molecular formula is C19H42NO3+. The maximum atomic E-state index is 9.86. The van der Waals surface area contributed by atoms with Crippen molar-refractivity contribution < 1.29 is 19.1 Å². The highest BCUT2D eigenvalue weighted by Gasteiger charge is 2.06. The fourth-order valence-corrected chi connectivity index (χ4v) is 2.37. The van der Waals surface area contributed by atoms with Gasteiger partial charge in [-0.2, -0.15) is 0 Å². The third-order valence-corrected chi connectivity index (χ3v) is 3.98. The molecule has 0 amide bonds. The van der Waals surface area contributed by atoms with Crippen molar-refractivity contribution in [3.8, 4) is 0 Å². The van der Waals surface area contributed by atoms with Crippen LogP contribution in [-0.2, 0) is 9.47 Å². The van der Waals surface area contributed by atoms with E-state index in [2.05, 4.69) is 28.1 Å². The molecular weight excluding hydrogens is 290 g/mol. The molecule has 0 radical (unpaired) electrons. The van der Waals surface area contributed by atoms with Gasteiger partial charge in [0.2, 0.25) is 0 Å². The summed E-state index contributed by atoms with van der Waals surface area (Å²) in [5, 5.41) is 9.86. The average Bonchev–Trinajstić information content (AvgIpc) is 2.48. The van der Waals surface area contributed by atoms with Crippen LogP contribution in [0.4, 0.5) is 0 Å². The van der Waals surface area contributed by atoms with E-state index < -0.39 is 0 Å². The summed E-state index contributed by atoms with van der Waals surface area (Å²) >= 11 is 0. The summed E-state index contributed by atoms with van der Waals surface area (Å²) in [4.78, 5) is 0. The summed E-state index contributed by atoms with van der Waals surface area (Å²) < 4.78 is 11.9. The van der Waals surface area contributed by atoms with Crippen LogP contribution in [-0.4, -0.2) is 69.8 Å². The predicted octanol–water partition coefficient (Wildman–Crippen LogP) is 3.62. The van der Waals surface area contributed by atoms with E-state index in [4.69, 9.17) is 9.47 Å². The molecule has 140 valence electrons. The van der Waals surface area contributed by atoms with E-state index >= 15 is 0 Å². The molecule has 4 heteroatoms. The molecule has 0 aromatic carbocycles. The third-order valence-electron chi connectivity index (χ3n) is 3.98. The first-order valence-electron chi connectivity index (χ1n) is 9.59. The SMILES string of the molecule is CCCCCCCCCCC(O)COCCOCC[N+](C)(C)C. The van der Waals surface area contributed by atoms with E-state index in [1.165, 1.54) is 44.9 Å². The molecule has 0 rings (SSSR count). The van der Waals surface area contributed by atoms with Gasteiger partial charge in [0.15, 0.2) is 0 Å². The fraction of sp³-hybridized carbons (Fsp3) is 1.00. The summed E-state index contributed by atoms with van der Waals surface area (Å²) in [5.74, 6) is 0. The van der Waals surface area contributed by atoms with Crippen molar-refractivity contribution in [1.82, 2.24) is 0 Å². The number of nitrogens with zero attached hydrogens (tertiary/aromatic N) is 1. The number of quaternary nitrogens is 1. The molecule has 0 aliphatic rings. The van der Waals surface area contributed by atoms with Crippen molar-refractivity contribution in [2.75, 3.05) is 54.1 Å². The molecule has 1 N–H and O–H groups in total. The van der Waals surface area contributed by atoms with Gasteiger partial charge >= 0.3 is 0 Å². The number of aliphatic hydroxyl groups excluding tert-OH is 1. The molecule has 0 saturated heterocycles. The van der Waals surface area contributed by atoms with Gasteiger partial charge in [0.25, 0.3) is 0 Å². The van der Waals surface area contributed by atoms with Crippen LogP contribution in [0.25, 0.3) is 0 Å². The second kappa shape index (κ2) is 15.4. The lowest BCUT2D eigenvalue weighted by Gasteiger charge is -2.23. The maximum Gasteiger partial charge on any atom is 0.102 e. The van der Waals surface area contributed by atoms with Crippen molar-refractivity contribution >= 4 is 0 Å². The highest BCUT2D eigenvalue weighted by atomic mass is 16.5. The van der Waals surface area contributed by atoms with Crippen LogP contribution in [0.2, 0.25) is 0 Å². The molecule has 4 nitrogen and oxygen atoms in total. The highest BCUT2D eigenvalue weighted by Crippen LogP contribution is 2.10. The van der Waals surface area contributed by atoms with E-state index in [0.717, 1.165) is 30.5 Å². The lowest BCUT2D eigenvalue weighted by Crippen LogP contribution is -2.37. The van der Waals surface area contributed by atoms with Crippen LogP contribution in [0.1, 0.15) is 64.7 Å². The molecule has 0 spiro atoms. The average molecular weight is 333 g/mol. The Kier molecular flexibility index (Phi) is 15.3. The van der Waals surface area contributed by atoms with Gasteiger partial charge in [0.05, 0.1) is 53.7 Å². The monoisotopic (exact) mass is 332 g/mol. The van der Waals surface area contributed by atoms with E-state index in [9.17, 15) is 5.11 Å². The van der Waals surface area contributed by atoms with Crippen LogP contribution in [0.15, 0.2) is 0 Å². The first-order chi connectivity index (χ1) is 11.0.